The molecule has 3 heterocycles. The molecule has 2 aromatic heterocycles. The molecule has 0 aromatic carbocycles. The third-order valence-electron chi connectivity index (χ3n) is 4.52. The third kappa shape index (κ3) is 3.34. The number of likely N-dealkylation sites (tertiary alicyclic amines) is 1. The van der Waals surface area contributed by atoms with Crippen LogP contribution in [-0.4, -0.2) is 44.7 Å². The summed E-state index contributed by atoms with van der Waals surface area (Å²) in [5.74, 6) is 1.48. The van der Waals surface area contributed by atoms with E-state index in [1.165, 1.54) is 11.8 Å². The Hall–Kier alpha value is -1.82. The number of amides is 1. The molecule has 0 spiro atoms. The van der Waals surface area contributed by atoms with Gasteiger partial charge in [-0.25, -0.2) is 9.97 Å². The van der Waals surface area contributed by atoms with Crippen molar-refractivity contribution in [3.05, 3.63) is 42.1 Å². The van der Waals surface area contributed by atoms with E-state index < -0.39 is 0 Å². The Morgan fingerprint density at radius 2 is 2.17 bits per heavy atom. The highest BCUT2D eigenvalue weighted by molar-refractivity contribution is 7.98. The molecule has 3 rings (SSSR count). The van der Waals surface area contributed by atoms with Crippen LogP contribution in [0.1, 0.15) is 54.8 Å². The molecule has 1 aliphatic heterocycles. The van der Waals surface area contributed by atoms with Crippen molar-refractivity contribution in [3.8, 4) is 0 Å². The summed E-state index contributed by atoms with van der Waals surface area (Å²) in [6.07, 6.45) is 9.68. The van der Waals surface area contributed by atoms with Gasteiger partial charge in [-0.3, -0.25) is 4.79 Å². The Morgan fingerprint density at radius 1 is 1.33 bits per heavy atom. The van der Waals surface area contributed by atoms with Gasteiger partial charge in [0, 0.05) is 43.6 Å². The fraction of sp³-hybridized carbons (Fsp3) is 0.500. The van der Waals surface area contributed by atoms with Crippen LogP contribution in [0.4, 0.5) is 0 Å². The predicted octanol–water partition coefficient (Wildman–Crippen LogP) is 3.60. The number of hydrogen-bond donors (Lipinski definition) is 0. The van der Waals surface area contributed by atoms with Gasteiger partial charge >= 0.3 is 0 Å². The monoisotopic (exact) mass is 344 g/mol. The summed E-state index contributed by atoms with van der Waals surface area (Å²) in [5, 5.41) is 0.799. The highest BCUT2D eigenvalue weighted by Gasteiger charge is 2.29. The molecule has 5 nitrogen and oxygen atoms in total. The van der Waals surface area contributed by atoms with Crippen molar-refractivity contribution in [3.63, 3.8) is 0 Å². The average molecular weight is 344 g/mol. The molecule has 0 unspecified atom stereocenters. The summed E-state index contributed by atoms with van der Waals surface area (Å²) in [7, 11) is 0. The summed E-state index contributed by atoms with van der Waals surface area (Å²) in [6.45, 7) is 5.86. The number of nitrogens with zero attached hydrogens (tertiary/aromatic N) is 4. The van der Waals surface area contributed by atoms with Gasteiger partial charge in [-0.15, -0.1) is 11.8 Å². The molecule has 0 aliphatic carbocycles. The van der Waals surface area contributed by atoms with Crippen LogP contribution in [0.5, 0.6) is 0 Å². The van der Waals surface area contributed by atoms with E-state index >= 15 is 0 Å². The Bertz CT molecular complexity index is 713. The van der Waals surface area contributed by atoms with Gasteiger partial charge in [-0.2, -0.15) is 0 Å². The second kappa shape index (κ2) is 7.38. The summed E-state index contributed by atoms with van der Waals surface area (Å²) in [4.78, 5) is 23.8. The molecule has 0 saturated carbocycles. The first-order valence-electron chi connectivity index (χ1n) is 8.42. The van der Waals surface area contributed by atoms with Crippen LogP contribution in [0.3, 0.4) is 0 Å². The molecule has 2 aromatic rings. The number of thioether (sulfide) groups is 1. The molecule has 1 saturated heterocycles. The average Bonchev–Trinajstić information content (AvgIpc) is 3.11. The second-order valence-corrected chi connectivity index (χ2v) is 7.23. The molecular formula is C18H24N4OS. The lowest BCUT2D eigenvalue weighted by Gasteiger charge is -2.33. The van der Waals surface area contributed by atoms with Gasteiger partial charge in [-0.05, 0) is 45.1 Å². The fourth-order valence-corrected chi connectivity index (χ4v) is 3.88. The number of piperidine rings is 1. The quantitative estimate of drug-likeness (QED) is 0.795. The number of rotatable bonds is 4. The van der Waals surface area contributed by atoms with E-state index in [2.05, 4.69) is 28.4 Å². The standard InChI is InChI=1S/C18H24N4OS/c1-13(2)22-11-9-19-16(22)14-6-5-10-21(12-14)18(23)15-7-4-8-20-17(15)24-3/h4,7-9,11,13-14H,5-6,10,12H2,1-3H3/t14-/m1/s1. The van der Waals surface area contributed by atoms with Crippen LogP contribution < -0.4 is 0 Å². The van der Waals surface area contributed by atoms with Crippen molar-refractivity contribution in [1.29, 1.82) is 0 Å². The van der Waals surface area contributed by atoms with Crippen molar-refractivity contribution < 1.29 is 4.79 Å². The zero-order valence-electron chi connectivity index (χ0n) is 14.5. The molecule has 1 amide bonds. The minimum atomic E-state index is 0.0832. The van der Waals surface area contributed by atoms with Gasteiger partial charge < -0.3 is 9.47 Å². The molecule has 1 aliphatic rings. The largest absolute Gasteiger partial charge is 0.338 e. The first-order chi connectivity index (χ1) is 11.6. The van der Waals surface area contributed by atoms with Gasteiger partial charge in [-0.1, -0.05) is 0 Å². The molecule has 6 heteroatoms. The van der Waals surface area contributed by atoms with E-state index in [0.717, 1.165) is 36.8 Å². The van der Waals surface area contributed by atoms with Crippen LogP contribution in [0.2, 0.25) is 0 Å². The van der Waals surface area contributed by atoms with Gasteiger partial charge in [0.15, 0.2) is 0 Å². The van der Waals surface area contributed by atoms with Crippen molar-refractivity contribution in [2.45, 2.75) is 43.7 Å². The summed E-state index contributed by atoms with van der Waals surface area (Å²) in [6, 6.07) is 4.09. The maximum Gasteiger partial charge on any atom is 0.256 e. The topological polar surface area (TPSA) is 51.0 Å². The van der Waals surface area contributed by atoms with E-state index in [1.54, 1.807) is 6.20 Å². The van der Waals surface area contributed by atoms with Gasteiger partial charge in [0.05, 0.1) is 5.56 Å². The van der Waals surface area contributed by atoms with E-state index in [9.17, 15) is 4.79 Å². The van der Waals surface area contributed by atoms with Crippen molar-refractivity contribution in [2.75, 3.05) is 19.3 Å². The highest BCUT2D eigenvalue weighted by atomic mass is 32.2. The van der Waals surface area contributed by atoms with Gasteiger partial charge in [0.1, 0.15) is 10.9 Å². The summed E-state index contributed by atoms with van der Waals surface area (Å²) < 4.78 is 2.22. The van der Waals surface area contributed by atoms with Crippen molar-refractivity contribution >= 4 is 17.7 Å². The fourth-order valence-electron chi connectivity index (χ4n) is 3.34. The third-order valence-corrected chi connectivity index (χ3v) is 5.24. The van der Waals surface area contributed by atoms with E-state index in [1.807, 2.05) is 35.7 Å². The lowest BCUT2D eigenvalue weighted by molar-refractivity contribution is 0.0698. The number of imidazole rings is 1. The second-order valence-electron chi connectivity index (χ2n) is 6.44. The van der Waals surface area contributed by atoms with Gasteiger partial charge in [0.25, 0.3) is 5.91 Å². The molecular weight excluding hydrogens is 320 g/mol. The SMILES string of the molecule is CSc1ncccc1C(=O)N1CCC[C@@H](c2nccn2C(C)C)C1. The molecule has 0 bridgehead atoms. The Kier molecular flexibility index (Phi) is 5.23. The van der Waals surface area contributed by atoms with Crippen LogP contribution in [0, 0.1) is 0 Å². The molecule has 24 heavy (non-hydrogen) atoms. The minimum absolute atomic E-state index is 0.0832. The zero-order valence-corrected chi connectivity index (χ0v) is 15.3. The van der Waals surface area contributed by atoms with E-state index in [0.29, 0.717) is 17.5 Å². The number of pyridine rings is 1. The number of hydrogen-bond acceptors (Lipinski definition) is 4. The lowest BCUT2D eigenvalue weighted by atomic mass is 9.96. The van der Waals surface area contributed by atoms with Crippen LogP contribution in [-0.2, 0) is 0 Å². The Morgan fingerprint density at radius 3 is 2.92 bits per heavy atom. The maximum atomic E-state index is 13.0. The zero-order chi connectivity index (χ0) is 17.1. The minimum Gasteiger partial charge on any atom is -0.338 e. The number of carbonyl (C=O) groups excluding carboxylic acids is 1. The van der Waals surface area contributed by atoms with E-state index in [-0.39, 0.29) is 5.91 Å². The molecule has 128 valence electrons. The lowest BCUT2D eigenvalue weighted by Crippen LogP contribution is -2.40. The van der Waals surface area contributed by atoms with Crippen LogP contribution in [0.15, 0.2) is 35.7 Å². The van der Waals surface area contributed by atoms with Crippen LogP contribution in [0.25, 0.3) is 0 Å². The summed E-state index contributed by atoms with van der Waals surface area (Å²) in [5.41, 5.74) is 0.706. The number of carbonyl (C=O) groups is 1. The normalized spacial score (nSPS) is 18.2. The van der Waals surface area contributed by atoms with Gasteiger partial charge in [0.2, 0.25) is 0 Å². The number of aromatic nitrogens is 3. The first-order valence-corrected chi connectivity index (χ1v) is 9.65. The molecule has 1 fully saturated rings. The molecule has 0 N–H and O–H groups in total. The summed E-state index contributed by atoms with van der Waals surface area (Å²) >= 11 is 1.52. The van der Waals surface area contributed by atoms with Crippen molar-refractivity contribution in [2.24, 2.45) is 0 Å². The maximum absolute atomic E-state index is 13.0. The van der Waals surface area contributed by atoms with E-state index in [4.69, 9.17) is 0 Å². The van der Waals surface area contributed by atoms with Crippen LogP contribution >= 0.6 is 11.8 Å². The Labute approximate surface area is 147 Å². The first kappa shape index (κ1) is 17.0. The Balaban J connectivity index is 1.80. The predicted molar refractivity (Wildman–Crippen MR) is 96.5 cm³/mol. The molecule has 1 atom stereocenters. The molecule has 0 radical (unpaired) electrons. The highest BCUT2D eigenvalue weighted by Crippen LogP contribution is 2.29. The smallest absolute Gasteiger partial charge is 0.256 e. The van der Waals surface area contributed by atoms with Crippen molar-refractivity contribution in [1.82, 2.24) is 19.4 Å².